The summed E-state index contributed by atoms with van der Waals surface area (Å²) in [5.74, 6) is 0. The van der Waals surface area contributed by atoms with Crippen molar-refractivity contribution in [3.63, 3.8) is 0 Å². The van der Waals surface area contributed by atoms with E-state index in [4.69, 9.17) is 11.6 Å². The average Bonchev–Trinajstić information content (AvgIpc) is 2.30. The molecule has 2 aromatic carbocycles. The molecule has 0 bridgehead atoms. The summed E-state index contributed by atoms with van der Waals surface area (Å²) >= 11 is 9.50. The third-order valence-corrected chi connectivity index (χ3v) is 3.66. The normalized spacial score (nSPS) is 14.4. The fourth-order valence-corrected chi connectivity index (χ4v) is 2.37. The van der Waals surface area contributed by atoms with Gasteiger partial charge in [0, 0.05) is 15.1 Å². The minimum atomic E-state index is -1.08. The topological polar surface area (TPSA) is 20.2 Å². The number of benzene rings is 2. The van der Waals surface area contributed by atoms with Crippen LogP contribution in [0.1, 0.15) is 18.1 Å². The molecule has 1 nitrogen and oxygen atoms in total. The maximum absolute atomic E-state index is 10.6. The lowest BCUT2D eigenvalue weighted by molar-refractivity contribution is 0.102. The average molecular weight is 312 g/mol. The second kappa shape index (κ2) is 4.81. The first-order valence-corrected chi connectivity index (χ1v) is 6.42. The Morgan fingerprint density at radius 1 is 1.06 bits per heavy atom. The first-order valence-electron chi connectivity index (χ1n) is 5.25. The van der Waals surface area contributed by atoms with Crippen LogP contribution >= 0.6 is 27.5 Å². The Hall–Kier alpha value is -0.830. The van der Waals surface area contributed by atoms with Crippen molar-refractivity contribution in [1.29, 1.82) is 0 Å². The van der Waals surface area contributed by atoms with Crippen molar-refractivity contribution in [2.75, 3.05) is 0 Å². The number of hydrogen-bond donors (Lipinski definition) is 1. The van der Waals surface area contributed by atoms with Gasteiger partial charge in [-0.05, 0) is 30.7 Å². The molecular weight excluding hydrogens is 300 g/mol. The second-order valence-electron chi connectivity index (χ2n) is 4.06. The maximum atomic E-state index is 10.6. The van der Waals surface area contributed by atoms with Crippen LogP contribution in [0.2, 0.25) is 5.02 Å². The van der Waals surface area contributed by atoms with Gasteiger partial charge in [0.05, 0.1) is 0 Å². The second-order valence-corrected chi connectivity index (χ2v) is 5.38. The Balaban J connectivity index is 2.49. The van der Waals surface area contributed by atoms with Gasteiger partial charge in [-0.15, -0.1) is 0 Å². The molecular formula is C14H12BrClO. The van der Waals surface area contributed by atoms with E-state index in [1.165, 1.54) is 0 Å². The molecule has 0 amide bonds. The standard InChI is InChI=1S/C14H12BrClO/c1-14(17,10-6-8-11(15)9-7-10)12-4-2-3-5-13(12)16/h2-9,17H,1H3. The van der Waals surface area contributed by atoms with Gasteiger partial charge in [-0.3, -0.25) is 0 Å². The van der Waals surface area contributed by atoms with E-state index in [1.54, 1.807) is 13.0 Å². The van der Waals surface area contributed by atoms with Gasteiger partial charge in [-0.25, -0.2) is 0 Å². The van der Waals surface area contributed by atoms with Gasteiger partial charge < -0.3 is 5.11 Å². The molecule has 3 heteroatoms. The largest absolute Gasteiger partial charge is 0.381 e. The molecule has 0 saturated heterocycles. The van der Waals surface area contributed by atoms with Crippen LogP contribution in [0.5, 0.6) is 0 Å². The molecule has 1 unspecified atom stereocenters. The van der Waals surface area contributed by atoms with Crippen LogP contribution in [0.3, 0.4) is 0 Å². The summed E-state index contributed by atoms with van der Waals surface area (Å²) in [6.07, 6.45) is 0. The summed E-state index contributed by atoms with van der Waals surface area (Å²) in [5, 5.41) is 11.2. The molecule has 2 rings (SSSR count). The van der Waals surface area contributed by atoms with Gasteiger partial charge in [0.25, 0.3) is 0 Å². The Bertz CT molecular complexity index is 520. The lowest BCUT2D eigenvalue weighted by Gasteiger charge is -2.25. The Kier molecular flexibility index (Phi) is 3.57. The van der Waals surface area contributed by atoms with E-state index in [-0.39, 0.29) is 0 Å². The molecule has 0 aromatic heterocycles. The maximum Gasteiger partial charge on any atom is 0.113 e. The molecule has 2 aromatic rings. The van der Waals surface area contributed by atoms with Crippen molar-refractivity contribution in [1.82, 2.24) is 0 Å². The predicted octanol–water partition coefficient (Wildman–Crippen LogP) is 4.36. The van der Waals surface area contributed by atoms with Gasteiger partial charge in [0.15, 0.2) is 0 Å². The fraction of sp³-hybridized carbons (Fsp3) is 0.143. The van der Waals surface area contributed by atoms with Crippen molar-refractivity contribution >= 4 is 27.5 Å². The predicted molar refractivity (Wildman–Crippen MR) is 74.3 cm³/mol. The summed E-state index contributed by atoms with van der Waals surface area (Å²) in [5.41, 5.74) is 0.441. The van der Waals surface area contributed by atoms with Crippen LogP contribution in [-0.4, -0.2) is 5.11 Å². The lowest BCUT2D eigenvalue weighted by atomic mass is 9.88. The third-order valence-electron chi connectivity index (χ3n) is 2.80. The Labute approximate surface area is 114 Å². The summed E-state index contributed by atoms with van der Waals surface area (Å²) < 4.78 is 0.983. The molecule has 0 aliphatic heterocycles. The van der Waals surface area contributed by atoms with E-state index in [0.29, 0.717) is 10.6 Å². The van der Waals surface area contributed by atoms with Gasteiger partial charge in [0.2, 0.25) is 0 Å². The van der Waals surface area contributed by atoms with Crippen molar-refractivity contribution in [2.24, 2.45) is 0 Å². The van der Waals surface area contributed by atoms with Crippen molar-refractivity contribution in [2.45, 2.75) is 12.5 Å². The summed E-state index contributed by atoms with van der Waals surface area (Å²) in [6, 6.07) is 14.9. The van der Waals surface area contributed by atoms with Gasteiger partial charge in [-0.1, -0.05) is 57.9 Å². The van der Waals surface area contributed by atoms with E-state index in [2.05, 4.69) is 15.9 Å². The fourth-order valence-electron chi connectivity index (χ4n) is 1.79. The first kappa shape index (κ1) is 12.6. The van der Waals surface area contributed by atoms with E-state index in [9.17, 15) is 5.11 Å². The molecule has 0 heterocycles. The van der Waals surface area contributed by atoms with Gasteiger partial charge >= 0.3 is 0 Å². The number of hydrogen-bond acceptors (Lipinski definition) is 1. The van der Waals surface area contributed by atoms with E-state index in [0.717, 1.165) is 10.0 Å². The molecule has 0 fully saturated rings. The molecule has 0 aliphatic rings. The molecule has 1 N–H and O–H groups in total. The highest BCUT2D eigenvalue weighted by molar-refractivity contribution is 9.10. The Morgan fingerprint density at radius 2 is 1.65 bits per heavy atom. The SMILES string of the molecule is CC(O)(c1ccc(Br)cc1)c1ccccc1Cl. The highest BCUT2D eigenvalue weighted by atomic mass is 79.9. The van der Waals surface area contributed by atoms with Crippen LogP contribution < -0.4 is 0 Å². The summed E-state index contributed by atoms with van der Waals surface area (Å²) in [6.45, 7) is 1.75. The zero-order valence-corrected chi connectivity index (χ0v) is 11.7. The zero-order valence-electron chi connectivity index (χ0n) is 9.32. The van der Waals surface area contributed by atoms with Crippen LogP contribution in [0.25, 0.3) is 0 Å². The van der Waals surface area contributed by atoms with Crippen LogP contribution in [-0.2, 0) is 5.60 Å². The summed E-state index contributed by atoms with van der Waals surface area (Å²) in [7, 11) is 0. The monoisotopic (exact) mass is 310 g/mol. The first-order chi connectivity index (χ1) is 8.01. The minimum absolute atomic E-state index is 0.570. The third kappa shape index (κ3) is 2.54. The highest BCUT2D eigenvalue weighted by Crippen LogP contribution is 2.34. The van der Waals surface area contributed by atoms with E-state index >= 15 is 0 Å². The summed E-state index contributed by atoms with van der Waals surface area (Å²) in [4.78, 5) is 0. The van der Waals surface area contributed by atoms with E-state index in [1.807, 2.05) is 42.5 Å². The highest BCUT2D eigenvalue weighted by Gasteiger charge is 2.27. The molecule has 0 aliphatic carbocycles. The number of halogens is 2. The van der Waals surface area contributed by atoms with Crippen molar-refractivity contribution in [3.8, 4) is 0 Å². The smallest absolute Gasteiger partial charge is 0.113 e. The van der Waals surface area contributed by atoms with Crippen LogP contribution in [0.4, 0.5) is 0 Å². The molecule has 17 heavy (non-hydrogen) atoms. The van der Waals surface area contributed by atoms with Crippen LogP contribution in [0, 0.1) is 0 Å². The lowest BCUT2D eigenvalue weighted by Crippen LogP contribution is -2.23. The number of aliphatic hydroxyl groups is 1. The van der Waals surface area contributed by atoms with E-state index < -0.39 is 5.60 Å². The van der Waals surface area contributed by atoms with Crippen molar-refractivity contribution < 1.29 is 5.11 Å². The van der Waals surface area contributed by atoms with Gasteiger partial charge in [-0.2, -0.15) is 0 Å². The molecule has 0 radical (unpaired) electrons. The molecule has 0 saturated carbocycles. The van der Waals surface area contributed by atoms with Crippen molar-refractivity contribution in [3.05, 3.63) is 69.2 Å². The molecule has 0 spiro atoms. The molecule has 88 valence electrons. The molecule has 1 atom stereocenters. The van der Waals surface area contributed by atoms with Crippen LogP contribution in [0.15, 0.2) is 53.0 Å². The number of rotatable bonds is 2. The quantitative estimate of drug-likeness (QED) is 0.874. The van der Waals surface area contributed by atoms with Gasteiger partial charge in [0.1, 0.15) is 5.60 Å². The minimum Gasteiger partial charge on any atom is -0.381 e. The zero-order chi connectivity index (χ0) is 12.5. The Morgan fingerprint density at radius 3 is 2.24 bits per heavy atom.